The fourth-order valence-electron chi connectivity index (χ4n) is 0.829. The number of hydrogen-bond donors (Lipinski definition) is 2. The van der Waals surface area contributed by atoms with Crippen LogP contribution in [0.25, 0.3) is 6.08 Å². The van der Waals surface area contributed by atoms with Gasteiger partial charge in [0.25, 0.3) is 0 Å². The van der Waals surface area contributed by atoms with Gasteiger partial charge in [-0.2, -0.15) is 5.26 Å². The molecule has 0 fully saturated rings. The van der Waals surface area contributed by atoms with E-state index in [-0.39, 0.29) is 0 Å². The van der Waals surface area contributed by atoms with Gasteiger partial charge in [0, 0.05) is 18.2 Å². The Morgan fingerprint density at radius 1 is 1.00 bits per heavy atom. The molecule has 22 heavy (non-hydrogen) atoms. The summed E-state index contributed by atoms with van der Waals surface area (Å²) >= 11 is 0. The number of carboxylic acid groups (broad SMARTS) is 2. The van der Waals surface area contributed by atoms with Crippen molar-refractivity contribution < 1.29 is 19.8 Å². The monoisotopic (exact) mass is 299 g/mol. The van der Waals surface area contributed by atoms with Crippen LogP contribution in [0.15, 0.2) is 73.9 Å². The first-order valence-electron chi connectivity index (χ1n) is 5.96. The minimum absolute atomic E-state index is 0.833. The minimum atomic E-state index is -0.981. The van der Waals surface area contributed by atoms with E-state index in [1.807, 2.05) is 48.6 Å². The molecule has 0 saturated carbocycles. The summed E-state index contributed by atoms with van der Waals surface area (Å²) in [5, 5.41) is 23.4. The van der Waals surface area contributed by atoms with Gasteiger partial charge in [0.15, 0.2) is 0 Å². The second kappa shape index (κ2) is 15.7. The van der Waals surface area contributed by atoms with Crippen LogP contribution in [0.3, 0.4) is 0 Å². The first-order valence-corrected chi connectivity index (χ1v) is 5.96. The number of nitrogens with zero attached hydrogens (tertiary/aromatic N) is 1. The lowest BCUT2D eigenvalue weighted by Gasteiger charge is -1.87. The van der Waals surface area contributed by atoms with Crippen molar-refractivity contribution in [3.63, 3.8) is 0 Å². The predicted molar refractivity (Wildman–Crippen MR) is 85.9 cm³/mol. The summed E-state index contributed by atoms with van der Waals surface area (Å²) in [4.78, 5) is 18.5. The summed E-state index contributed by atoms with van der Waals surface area (Å²) in [6.45, 7) is 5.92. The Morgan fingerprint density at radius 3 is 1.82 bits per heavy atom. The van der Waals surface area contributed by atoms with E-state index in [9.17, 15) is 9.59 Å². The standard InChI is InChI=1S/C11H9N.2C3H4O2/c12-10-6-2-5-9-11-7-3-1-4-8-11;2*1-2-3(4)5/h1-9H;2*2H,1H2,(H,4,5). The van der Waals surface area contributed by atoms with Crippen LogP contribution in [-0.2, 0) is 9.59 Å². The molecular formula is C17H17NO4. The largest absolute Gasteiger partial charge is 0.478 e. The third kappa shape index (κ3) is 19.0. The Bertz CT molecular complexity index is 548. The first-order chi connectivity index (χ1) is 10.5. The summed E-state index contributed by atoms with van der Waals surface area (Å²) in [5.74, 6) is -1.96. The van der Waals surface area contributed by atoms with Crippen molar-refractivity contribution in [1.82, 2.24) is 0 Å². The van der Waals surface area contributed by atoms with Crippen LogP contribution in [0.5, 0.6) is 0 Å². The molecule has 0 atom stereocenters. The average molecular weight is 299 g/mol. The highest BCUT2D eigenvalue weighted by Gasteiger charge is 1.79. The molecule has 0 aliphatic heterocycles. The number of aliphatic carboxylic acids is 2. The van der Waals surface area contributed by atoms with Gasteiger partial charge in [-0.1, -0.05) is 61.7 Å². The number of hydrogen-bond acceptors (Lipinski definition) is 3. The highest BCUT2D eigenvalue weighted by Crippen LogP contribution is 2.00. The van der Waals surface area contributed by atoms with Crippen LogP contribution in [0.1, 0.15) is 5.56 Å². The molecule has 0 heterocycles. The lowest BCUT2D eigenvalue weighted by molar-refractivity contribution is -0.132. The van der Waals surface area contributed by atoms with E-state index < -0.39 is 11.9 Å². The summed E-state index contributed by atoms with van der Waals surface area (Å²) in [6, 6.07) is 11.9. The summed E-state index contributed by atoms with van der Waals surface area (Å²) < 4.78 is 0. The molecule has 5 heteroatoms. The quantitative estimate of drug-likeness (QED) is 0.505. The molecule has 0 spiro atoms. The molecular weight excluding hydrogens is 282 g/mol. The van der Waals surface area contributed by atoms with Gasteiger partial charge in [-0.15, -0.1) is 0 Å². The van der Waals surface area contributed by atoms with E-state index in [2.05, 4.69) is 13.2 Å². The van der Waals surface area contributed by atoms with Crippen molar-refractivity contribution in [2.75, 3.05) is 0 Å². The topological polar surface area (TPSA) is 98.4 Å². The third-order valence-corrected chi connectivity index (χ3v) is 1.72. The van der Waals surface area contributed by atoms with Gasteiger partial charge in [-0.05, 0) is 5.56 Å². The number of rotatable bonds is 4. The minimum Gasteiger partial charge on any atom is -0.478 e. The van der Waals surface area contributed by atoms with E-state index in [1.54, 1.807) is 6.08 Å². The van der Waals surface area contributed by atoms with Crippen LogP contribution >= 0.6 is 0 Å². The Hall–Kier alpha value is -3.39. The molecule has 0 aromatic heterocycles. The number of benzene rings is 1. The van der Waals surface area contributed by atoms with Crippen LogP contribution < -0.4 is 0 Å². The van der Waals surface area contributed by atoms with Gasteiger partial charge in [0.05, 0.1) is 6.07 Å². The normalized spacial score (nSPS) is 8.68. The molecule has 0 aliphatic carbocycles. The van der Waals surface area contributed by atoms with Crippen molar-refractivity contribution in [3.8, 4) is 6.07 Å². The maximum Gasteiger partial charge on any atom is 0.327 e. The average Bonchev–Trinajstić information content (AvgIpc) is 2.53. The lowest BCUT2D eigenvalue weighted by Crippen LogP contribution is -1.82. The highest BCUT2D eigenvalue weighted by atomic mass is 16.4. The van der Waals surface area contributed by atoms with Crippen LogP contribution in [0.2, 0.25) is 0 Å². The molecule has 0 bridgehead atoms. The maximum atomic E-state index is 9.25. The Morgan fingerprint density at radius 2 is 1.45 bits per heavy atom. The van der Waals surface area contributed by atoms with Gasteiger partial charge in [-0.25, -0.2) is 9.59 Å². The van der Waals surface area contributed by atoms with Crippen molar-refractivity contribution in [1.29, 1.82) is 5.26 Å². The molecule has 0 radical (unpaired) electrons. The Labute approximate surface area is 129 Å². The zero-order valence-corrected chi connectivity index (χ0v) is 11.9. The van der Waals surface area contributed by atoms with E-state index >= 15 is 0 Å². The van der Waals surface area contributed by atoms with Crippen molar-refractivity contribution >= 4 is 18.0 Å². The van der Waals surface area contributed by atoms with Crippen LogP contribution in [0.4, 0.5) is 0 Å². The van der Waals surface area contributed by atoms with Crippen molar-refractivity contribution in [2.24, 2.45) is 0 Å². The number of carbonyl (C=O) groups is 2. The number of allylic oxidation sites excluding steroid dienone is 3. The third-order valence-electron chi connectivity index (χ3n) is 1.72. The van der Waals surface area contributed by atoms with Gasteiger partial charge in [0.1, 0.15) is 0 Å². The zero-order chi connectivity index (χ0) is 17.2. The van der Waals surface area contributed by atoms with E-state index in [4.69, 9.17) is 15.5 Å². The van der Waals surface area contributed by atoms with Crippen LogP contribution in [-0.4, -0.2) is 22.2 Å². The molecule has 0 amide bonds. The number of nitriles is 1. The molecule has 0 aliphatic rings. The predicted octanol–water partition coefficient (Wildman–Crippen LogP) is 3.29. The molecule has 5 nitrogen and oxygen atoms in total. The van der Waals surface area contributed by atoms with Gasteiger partial charge in [-0.3, -0.25) is 0 Å². The van der Waals surface area contributed by atoms with Gasteiger partial charge in [0.2, 0.25) is 0 Å². The summed E-state index contributed by atoms with van der Waals surface area (Å²) in [7, 11) is 0. The molecule has 0 unspecified atom stereocenters. The summed E-state index contributed by atoms with van der Waals surface area (Å²) in [6.07, 6.45) is 8.62. The van der Waals surface area contributed by atoms with E-state index in [0.717, 1.165) is 17.7 Å². The highest BCUT2D eigenvalue weighted by molar-refractivity contribution is 5.79. The lowest BCUT2D eigenvalue weighted by atomic mass is 10.2. The smallest absolute Gasteiger partial charge is 0.327 e. The molecule has 1 aromatic rings. The van der Waals surface area contributed by atoms with Crippen molar-refractivity contribution in [2.45, 2.75) is 0 Å². The molecule has 2 N–H and O–H groups in total. The molecule has 1 aromatic carbocycles. The zero-order valence-electron chi connectivity index (χ0n) is 11.9. The maximum absolute atomic E-state index is 9.25. The summed E-state index contributed by atoms with van der Waals surface area (Å²) in [5.41, 5.74) is 1.14. The molecule has 1 rings (SSSR count). The first kappa shape index (κ1) is 20.9. The molecule has 114 valence electrons. The van der Waals surface area contributed by atoms with Gasteiger partial charge < -0.3 is 10.2 Å². The van der Waals surface area contributed by atoms with Crippen LogP contribution in [0, 0.1) is 11.3 Å². The van der Waals surface area contributed by atoms with E-state index in [0.29, 0.717) is 0 Å². The second-order valence-corrected chi connectivity index (χ2v) is 3.34. The fraction of sp³-hybridized carbons (Fsp3) is 0. The second-order valence-electron chi connectivity index (χ2n) is 3.34. The Balaban J connectivity index is 0. The number of carboxylic acids is 2. The van der Waals surface area contributed by atoms with Crippen molar-refractivity contribution in [3.05, 3.63) is 79.4 Å². The molecule has 0 saturated heterocycles. The van der Waals surface area contributed by atoms with Gasteiger partial charge >= 0.3 is 11.9 Å². The van der Waals surface area contributed by atoms with E-state index in [1.165, 1.54) is 6.08 Å². The Kier molecular flexibility index (Phi) is 14.9. The fourth-order valence-corrected chi connectivity index (χ4v) is 0.829. The SMILES string of the molecule is C=CC(=O)O.C=CC(=O)O.N#CC=CC=Cc1ccccc1.